The van der Waals surface area contributed by atoms with Crippen molar-refractivity contribution in [1.29, 1.82) is 0 Å². The van der Waals surface area contributed by atoms with Gasteiger partial charge in [0.1, 0.15) is 0 Å². The number of hydrogen-bond donors (Lipinski definition) is 1. The zero-order chi connectivity index (χ0) is 5.98. The molecule has 0 spiro atoms. The van der Waals surface area contributed by atoms with Crippen molar-refractivity contribution in [2.24, 2.45) is 0 Å². The summed E-state index contributed by atoms with van der Waals surface area (Å²) in [4.78, 5) is 0. The first-order valence-corrected chi connectivity index (χ1v) is 2.33. The minimum Gasteiger partial charge on any atom is -0.282 e. The molecule has 0 aliphatic heterocycles. The van der Waals surface area contributed by atoms with E-state index in [4.69, 9.17) is 0 Å². The van der Waals surface area contributed by atoms with Gasteiger partial charge in [0.25, 0.3) is 5.88 Å². The number of aromatic amines is 1. The zero-order valence-electron chi connectivity index (χ0n) is 4.35. The first-order valence-electron chi connectivity index (χ1n) is 2.33. The predicted molar refractivity (Wildman–Crippen MR) is 27.8 cm³/mol. The average molecular weight is 110 g/mol. The minimum atomic E-state index is -0.194. The predicted octanol–water partition coefficient (Wildman–Crippen LogP) is 0.930. The molecule has 1 rings (SSSR count). The molecule has 0 saturated heterocycles. The van der Waals surface area contributed by atoms with Crippen molar-refractivity contribution in [3.63, 3.8) is 0 Å². The van der Waals surface area contributed by atoms with Crippen LogP contribution in [0.25, 0.3) is 0 Å². The van der Waals surface area contributed by atoms with Crippen molar-refractivity contribution in [3.8, 4) is 5.88 Å². The lowest BCUT2D eigenvalue weighted by Gasteiger charge is -1.80. The van der Waals surface area contributed by atoms with Gasteiger partial charge in [-0.25, -0.2) is 0 Å². The van der Waals surface area contributed by atoms with Gasteiger partial charge >= 0.3 is 0 Å². The molecule has 1 heterocycles. The third-order valence-electron chi connectivity index (χ3n) is 0.949. The Hall–Kier alpha value is -0.990. The van der Waals surface area contributed by atoms with Gasteiger partial charge in [0, 0.05) is 11.8 Å². The Morgan fingerprint density at radius 1 is 1.88 bits per heavy atom. The summed E-state index contributed by atoms with van der Waals surface area (Å²) in [5, 5.41) is 16.3. The second-order valence-corrected chi connectivity index (χ2v) is 1.47. The maximum atomic E-state index is 10.5. The summed E-state index contributed by atoms with van der Waals surface area (Å²) < 4.78 is 0. The minimum absolute atomic E-state index is 0.194. The third-order valence-corrected chi connectivity index (χ3v) is 0.949. The van der Waals surface area contributed by atoms with Crippen molar-refractivity contribution >= 4 is 0 Å². The van der Waals surface area contributed by atoms with E-state index in [-0.39, 0.29) is 5.88 Å². The molecule has 1 aromatic rings. The van der Waals surface area contributed by atoms with Gasteiger partial charge in [0.05, 0.1) is 0 Å². The van der Waals surface area contributed by atoms with Crippen molar-refractivity contribution in [3.05, 3.63) is 18.7 Å². The molecule has 0 unspecified atom stereocenters. The molecule has 0 aromatic carbocycles. The summed E-state index contributed by atoms with van der Waals surface area (Å²) in [5.41, 5.74) is 0.644. The van der Waals surface area contributed by atoms with Crippen molar-refractivity contribution < 1.29 is 5.11 Å². The number of hydrogen-bond acceptors (Lipinski definition) is 1. The molecule has 42 valence electrons. The van der Waals surface area contributed by atoms with E-state index in [2.05, 4.69) is 17.1 Å². The molecule has 0 saturated carbocycles. The Bertz CT molecular complexity index is 171. The lowest BCUT2D eigenvalue weighted by atomic mass is 10.3. The van der Waals surface area contributed by atoms with Crippen LogP contribution in [0.5, 0.6) is 5.88 Å². The molecule has 2 radical (unpaired) electrons. The zero-order valence-corrected chi connectivity index (χ0v) is 4.35. The summed E-state index contributed by atoms with van der Waals surface area (Å²) in [6, 6.07) is 0. The summed E-state index contributed by atoms with van der Waals surface area (Å²) in [7, 11) is 0. The molecular formula is C5H6N2O. The van der Waals surface area contributed by atoms with Crippen LogP contribution < -0.4 is 0 Å². The molecule has 1 N–H and O–H groups in total. The second kappa shape index (κ2) is 1.86. The van der Waals surface area contributed by atoms with Crippen LogP contribution in [-0.4, -0.2) is 10.2 Å². The number of aromatic nitrogens is 2. The van der Waals surface area contributed by atoms with Gasteiger partial charge in [-0.15, -0.1) is 5.10 Å². The maximum absolute atomic E-state index is 10.5. The Kier molecular flexibility index (Phi) is 1.20. The smallest absolute Gasteiger partial charge is 0.282 e. The maximum Gasteiger partial charge on any atom is 0.290 e. The van der Waals surface area contributed by atoms with Crippen molar-refractivity contribution in [2.75, 3.05) is 0 Å². The molecule has 3 nitrogen and oxygen atoms in total. The van der Waals surface area contributed by atoms with E-state index in [0.717, 1.165) is 0 Å². The largest absolute Gasteiger partial charge is 0.290 e. The molecule has 0 atom stereocenters. The lowest BCUT2D eigenvalue weighted by Crippen LogP contribution is -1.71. The topological polar surface area (TPSA) is 48.6 Å². The highest BCUT2D eigenvalue weighted by atomic mass is 16.3. The highest BCUT2D eigenvalue weighted by Gasteiger charge is 1.99. The molecule has 8 heavy (non-hydrogen) atoms. The Balaban J connectivity index is 2.92. The molecule has 0 aliphatic rings. The molecule has 0 aliphatic carbocycles. The van der Waals surface area contributed by atoms with Crippen LogP contribution in [0.1, 0.15) is 5.56 Å². The Morgan fingerprint density at radius 3 is 2.88 bits per heavy atom. The molecule has 0 bridgehead atoms. The summed E-state index contributed by atoms with van der Waals surface area (Å²) >= 11 is 0. The van der Waals surface area contributed by atoms with Crippen LogP contribution in [0.4, 0.5) is 0 Å². The monoisotopic (exact) mass is 110 g/mol. The van der Waals surface area contributed by atoms with Crippen LogP contribution >= 0.6 is 0 Å². The first kappa shape index (κ1) is 5.15. The lowest BCUT2D eigenvalue weighted by molar-refractivity contribution is 0.333. The van der Waals surface area contributed by atoms with E-state index < -0.39 is 0 Å². The molecule has 1 aromatic heterocycles. The van der Waals surface area contributed by atoms with E-state index >= 15 is 0 Å². The molecule has 0 amide bonds. The van der Waals surface area contributed by atoms with Crippen LogP contribution in [0.3, 0.4) is 0 Å². The molecule has 0 fully saturated rings. The summed E-state index contributed by atoms with van der Waals surface area (Å²) in [6.07, 6.45) is 2.07. The SMILES string of the molecule is [CH2]Cc1c[nH]nc1[O]. The number of nitrogens with one attached hydrogen (secondary N) is 1. The van der Waals surface area contributed by atoms with Crippen molar-refractivity contribution in [2.45, 2.75) is 6.42 Å². The first-order chi connectivity index (χ1) is 3.84. The Morgan fingerprint density at radius 2 is 2.62 bits per heavy atom. The van der Waals surface area contributed by atoms with Crippen molar-refractivity contribution in [1.82, 2.24) is 10.2 Å². The highest BCUT2D eigenvalue weighted by molar-refractivity contribution is 5.20. The fourth-order valence-electron chi connectivity index (χ4n) is 0.481. The summed E-state index contributed by atoms with van der Waals surface area (Å²) in [6.45, 7) is 3.53. The van der Waals surface area contributed by atoms with Crippen LogP contribution in [0.2, 0.25) is 0 Å². The average Bonchev–Trinajstić information content (AvgIpc) is 2.14. The van der Waals surface area contributed by atoms with E-state index in [1.54, 1.807) is 6.20 Å². The quantitative estimate of drug-likeness (QED) is 0.574. The number of nitrogens with zero attached hydrogens (tertiary/aromatic N) is 1. The summed E-state index contributed by atoms with van der Waals surface area (Å²) in [5.74, 6) is -0.194. The van der Waals surface area contributed by atoms with E-state index in [1.807, 2.05) is 0 Å². The van der Waals surface area contributed by atoms with E-state index in [9.17, 15) is 5.11 Å². The number of rotatable bonds is 1. The van der Waals surface area contributed by atoms with Gasteiger partial charge in [0.2, 0.25) is 0 Å². The fourth-order valence-corrected chi connectivity index (χ4v) is 0.481. The van der Waals surface area contributed by atoms with Gasteiger partial charge in [0.15, 0.2) is 0 Å². The van der Waals surface area contributed by atoms with Gasteiger partial charge in [-0.2, -0.15) is 0 Å². The Labute approximate surface area is 47.4 Å². The molecule has 3 heteroatoms. The van der Waals surface area contributed by atoms with Gasteiger partial charge in [-0.1, -0.05) is 0 Å². The van der Waals surface area contributed by atoms with E-state index in [1.165, 1.54) is 0 Å². The fraction of sp³-hybridized carbons (Fsp3) is 0.200. The van der Waals surface area contributed by atoms with Gasteiger partial charge in [-0.05, 0) is 13.3 Å². The molecular weight excluding hydrogens is 104 g/mol. The normalized spacial score (nSPS) is 9.62. The van der Waals surface area contributed by atoms with Gasteiger partial charge < -0.3 is 0 Å². The van der Waals surface area contributed by atoms with Gasteiger partial charge in [-0.3, -0.25) is 10.2 Å². The second-order valence-electron chi connectivity index (χ2n) is 1.47. The van der Waals surface area contributed by atoms with E-state index in [0.29, 0.717) is 12.0 Å². The third kappa shape index (κ3) is 0.665. The highest BCUT2D eigenvalue weighted by Crippen LogP contribution is 2.11. The van der Waals surface area contributed by atoms with Crippen LogP contribution in [0.15, 0.2) is 6.20 Å². The van der Waals surface area contributed by atoms with Crippen LogP contribution in [-0.2, 0) is 11.5 Å². The van der Waals surface area contributed by atoms with Crippen LogP contribution in [0, 0.1) is 6.92 Å². The number of H-pyrrole nitrogens is 1. The standard InChI is InChI=1S/C5H6N2O/c1-2-4-3-6-7-5(4)8/h3H,1-2H2,(H,6,7).